The molecule has 0 saturated carbocycles. The molecule has 0 bridgehead atoms. The average molecular weight is 278 g/mol. The summed E-state index contributed by atoms with van der Waals surface area (Å²) in [6, 6.07) is 13.0. The third-order valence-corrected chi connectivity index (χ3v) is 2.70. The highest BCUT2D eigenvalue weighted by molar-refractivity contribution is 5.40. The number of nitriles is 1. The van der Waals surface area contributed by atoms with Gasteiger partial charge in [0.15, 0.2) is 0 Å². The number of hydrogen-bond acceptors (Lipinski definition) is 4. The predicted octanol–water partition coefficient (Wildman–Crippen LogP) is 2.27. The molecule has 0 fully saturated rings. The van der Waals surface area contributed by atoms with Gasteiger partial charge in [-0.3, -0.25) is 0 Å². The molecule has 0 radical (unpaired) electrons. The normalized spacial score (nSPS) is 9.33. The van der Waals surface area contributed by atoms with E-state index in [4.69, 9.17) is 15.1 Å². The number of aliphatic hydroxyl groups is 1. The Balaban J connectivity index is 2.06. The van der Waals surface area contributed by atoms with E-state index in [2.05, 4.69) is 16.8 Å². The Morgan fingerprint density at radius 3 is 2.95 bits per heavy atom. The molecule has 21 heavy (non-hydrogen) atoms. The molecule has 1 aromatic carbocycles. The fraction of sp³-hybridized carbons (Fsp3) is 0.176. The number of benzene rings is 1. The largest absolute Gasteiger partial charge is 0.489 e. The van der Waals surface area contributed by atoms with E-state index in [1.807, 2.05) is 36.4 Å². The highest BCUT2D eigenvalue weighted by Crippen LogP contribution is 2.15. The Labute approximate surface area is 123 Å². The Kier molecular flexibility index (Phi) is 5.34. The number of hydrogen-bond donors (Lipinski definition) is 1. The van der Waals surface area contributed by atoms with Crippen molar-refractivity contribution in [2.45, 2.75) is 13.0 Å². The van der Waals surface area contributed by atoms with Crippen molar-refractivity contribution in [2.75, 3.05) is 6.61 Å². The van der Waals surface area contributed by atoms with Crippen LogP contribution in [0.5, 0.6) is 5.75 Å². The second kappa shape index (κ2) is 7.69. The number of rotatable bonds is 4. The van der Waals surface area contributed by atoms with E-state index in [1.165, 1.54) is 0 Å². The molecule has 0 amide bonds. The third kappa shape index (κ3) is 4.35. The molecular weight excluding hydrogens is 264 g/mol. The van der Waals surface area contributed by atoms with E-state index >= 15 is 0 Å². The Morgan fingerprint density at radius 2 is 2.14 bits per heavy atom. The van der Waals surface area contributed by atoms with E-state index in [0.29, 0.717) is 17.9 Å². The lowest BCUT2D eigenvalue weighted by atomic mass is 10.2. The Hall–Kier alpha value is -2.82. The highest BCUT2D eigenvalue weighted by Gasteiger charge is 2.03. The zero-order valence-corrected chi connectivity index (χ0v) is 11.4. The topological polar surface area (TPSA) is 66.1 Å². The molecule has 2 rings (SSSR count). The van der Waals surface area contributed by atoms with Crippen LogP contribution in [0, 0.1) is 23.2 Å². The van der Waals surface area contributed by atoms with Gasteiger partial charge in [-0.25, -0.2) is 4.98 Å². The molecule has 4 heteroatoms. The first-order valence-electron chi connectivity index (χ1n) is 6.50. The minimum absolute atomic E-state index is 0.0567. The molecule has 0 atom stereocenters. The van der Waals surface area contributed by atoms with Gasteiger partial charge in [0.2, 0.25) is 0 Å². The molecule has 4 nitrogen and oxygen atoms in total. The number of nitrogens with zero attached hydrogens (tertiary/aromatic N) is 2. The molecule has 1 heterocycles. The zero-order chi connectivity index (χ0) is 14.9. The molecule has 1 N–H and O–H groups in total. The van der Waals surface area contributed by atoms with Gasteiger partial charge in [0, 0.05) is 23.7 Å². The van der Waals surface area contributed by atoms with Crippen LogP contribution in [0.25, 0.3) is 0 Å². The summed E-state index contributed by atoms with van der Waals surface area (Å²) >= 11 is 0. The fourth-order valence-electron chi connectivity index (χ4n) is 1.70. The first kappa shape index (κ1) is 14.6. The molecule has 0 aliphatic heterocycles. The van der Waals surface area contributed by atoms with Crippen LogP contribution in [0.3, 0.4) is 0 Å². The second-order valence-electron chi connectivity index (χ2n) is 4.21. The summed E-state index contributed by atoms with van der Waals surface area (Å²) in [5.41, 5.74) is 1.95. The molecule has 0 aliphatic rings. The summed E-state index contributed by atoms with van der Waals surface area (Å²) in [4.78, 5) is 3.99. The van der Waals surface area contributed by atoms with Gasteiger partial charge < -0.3 is 9.84 Å². The molecule has 2 aromatic rings. The van der Waals surface area contributed by atoms with Gasteiger partial charge in [0.1, 0.15) is 24.1 Å². The molecule has 0 saturated heterocycles. The summed E-state index contributed by atoms with van der Waals surface area (Å²) < 4.78 is 5.67. The third-order valence-electron chi connectivity index (χ3n) is 2.70. The smallest absolute Gasteiger partial charge is 0.147 e. The van der Waals surface area contributed by atoms with E-state index in [0.717, 1.165) is 11.1 Å². The lowest BCUT2D eigenvalue weighted by Gasteiger charge is -2.07. The summed E-state index contributed by atoms with van der Waals surface area (Å²) in [6.07, 6.45) is 2.03. The minimum atomic E-state index is 0.0567. The van der Waals surface area contributed by atoms with Crippen LogP contribution >= 0.6 is 0 Å². The van der Waals surface area contributed by atoms with Crippen LogP contribution < -0.4 is 4.74 Å². The number of aromatic nitrogens is 1. The van der Waals surface area contributed by atoms with Crippen LogP contribution in [0.4, 0.5) is 0 Å². The van der Waals surface area contributed by atoms with Gasteiger partial charge in [-0.15, -0.1) is 0 Å². The standard InChI is InChI=1S/C17H14N2O2/c18-12-17-15(7-4-9-19-17)13-21-16-8-3-6-14(11-16)5-1-2-10-20/h3-4,6-9,11,20H,2,10,13H2. The van der Waals surface area contributed by atoms with Crippen molar-refractivity contribution in [3.63, 3.8) is 0 Å². The number of pyridine rings is 1. The SMILES string of the molecule is N#Cc1ncccc1COc1cccc(C#CCCO)c1. The minimum Gasteiger partial charge on any atom is -0.489 e. The Bertz CT molecular complexity index is 708. The number of ether oxygens (including phenoxy) is 1. The van der Waals surface area contributed by atoms with Crippen molar-refractivity contribution in [3.05, 3.63) is 59.4 Å². The summed E-state index contributed by atoms with van der Waals surface area (Å²) in [7, 11) is 0. The summed E-state index contributed by atoms with van der Waals surface area (Å²) in [6.45, 7) is 0.339. The van der Waals surface area contributed by atoms with Crippen molar-refractivity contribution >= 4 is 0 Å². The average Bonchev–Trinajstić information content (AvgIpc) is 2.54. The highest BCUT2D eigenvalue weighted by atomic mass is 16.5. The van der Waals surface area contributed by atoms with Crippen molar-refractivity contribution in [3.8, 4) is 23.7 Å². The van der Waals surface area contributed by atoms with Crippen molar-refractivity contribution in [1.29, 1.82) is 5.26 Å². The van der Waals surface area contributed by atoms with Crippen molar-refractivity contribution < 1.29 is 9.84 Å². The quantitative estimate of drug-likeness (QED) is 0.871. The monoisotopic (exact) mass is 278 g/mol. The second-order valence-corrected chi connectivity index (χ2v) is 4.21. The first-order chi connectivity index (χ1) is 10.3. The van der Waals surface area contributed by atoms with Crippen LogP contribution in [-0.2, 0) is 6.61 Å². The first-order valence-corrected chi connectivity index (χ1v) is 6.50. The zero-order valence-electron chi connectivity index (χ0n) is 11.4. The molecular formula is C17H14N2O2. The van der Waals surface area contributed by atoms with Gasteiger partial charge in [-0.05, 0) is 24.3 Å². The maximum Gasteiger partial charge on any atom is 0.147 e. The molecule has 1 aromatic heterocycles. The molecule has 0 spiro atoms. The van der Waals surface area contributed by atoms with E-state index in [-0.39, 0.29) is 13.2 Å². The van der Waals surface area contributed by atoms with Gasteiger partial charge in [-0.1, -0.05) is 24.0 Å². The van der Waals surface area contributed by atoms with E-state index in [9.17, 15) is 0 Å². The van der Waals surface area contributed by atoms with Gasteiger partial charge in [0.05, 0.1) is 6.61 Å². The van der Waals surface area contributed by atoms with Gasteiger partial charge >= 0.3 is 0 Å². The van der Waals surface area contributed by atoms with Crippen LogP contribution in [0.15, 0.2) is 42.6 Å². The maximum absolute atomic E-state index is 8.97. The lowest BCUT2D eigenvalue weighted by Crippen LogP contribution is -1.99. The van der Waals surface area contributed by atoms with Crippen LogP contribution in [0.1, 0.15) is 23.2 Å². The van der Waals surface area contributed by atoms with E-state index < -0.39 is 0 Å². The molecule has 104 valence electrons. The van der Waals surface area contributed by atoms with Gasteiger partial charge in [0.25, 0.3) is 0 Å². The molecule has 0 aliphatic carbocycles. The maximum atomic E-state index is 8.97. The van der Waals surface area contributed by atoms with Crippen LogP contribution in [-0.4, -0.2) is 16.7 Å². The predicted molar refractivity (Wildman–Crippen MR) is 78.3 cm³/mol. The number of aliphatic hydroxyl groups excluding tert-OH is 1. The van der Waals surface area contributed by atoms with E-state index in [1.54, 1.807) is 12.3 Å². The molecule has 0 unspecified atom stereocenters. The van der Waals surface area contributed by atoms with Gasteiger partial charge in [-0.2, -0.15) is 5.26 Å². The van der Waals surface area contributed by atoms with Crippen molar-refractivity contribution in [2.24, 2.45) is 0 Å². The van der Waals surface area contributed by atoms with Crippen molar-refractivity contribution in [1.82, 2.24) is 4.98 Å². The lowest BCUT2D eigenvalue weighted by molar-refractivity contribution is 0.305. The van der Waals surface area contributed by atoms with Crippen LogP contribution in [0.2, 0.25) is 0 Å². The summed E-state index contributed by atoms with van der Waals surface area (Å²) in [5, 5.41) is 17.7. The fourth-order valence-corrected chi connectivity index (χ4v) is 1.70. The Morgan fingerprint density at radius 1 is 1.24 bits per heavy atom. The summed E-state index contributed by atoms with van der Waals surface area (Å²) in [5.74, 6) is 6.49.